The summed E-state index contributed by atoms with van der Waals surface area (Å²) < 4.78 is 5.22. The Hall–Kier alpha value is -2.33. The third-order valence-electron chi connectivity index (χ3n) is 5.57. The second-order valence-corrected chi connectivity index (χ2v) is 7.71. The van der Waals surface area contributed by atoms with Gasteiger partial charge in [0.15, 0.2) is 0 Å². The van der Waals surface area contributed by atoms with Crippen molar-refractivity contribution >= 4 is 5.91 Å². The standard InChI is InChI=1S/C24H32N2O2/c1-28-23-11-9-21(10-12-23)18-22-13-16-26(17-14-22)19-24(27)25-15-5-8-20-6-3-2-4-7-20/h2-4,6-7,9-12,22H,5,8,13-19H2,1H3,(H,25,27). The van der Waals surface area contributed by atoms with E-state index in [1.165, 1.54) is 11.1 Å². The number of benzene rings is 2. The summed E-state index contributed by atoms with van der Waals surface area (Å²) in [7, 11) is 1.70. The predicted octanol–water partition coefficient (Wildman–Crippen LogP) is 3.70. The molecule has 0 atom stereocenters. The van der Waals surface area contributed by atoms with Gasteiger partial charge < -0.3 is 10.1 Å². The Morgan fingerprint density at radius 2 is 1.75 bits per heavy atom. The molecule has 0 saturated carbocycles. The Kier molecular flexibility index (Phi) is 7.92. The summed E-state index contributed by atoms with van der Waals surface area (Å²) in [4.78, 5) is 14.5. The molecule has 0 radical (unpaired) electrons. The highest BCUT2D eigenvalue weighted by molar-refractivity contribution is 5.77. The minimum absolute atomic E-state index is 0.154. The molecule has 2 aromatic rings. The lowest BCUT2D eigenvalue weighted by Crippen LogP contribution is -2.42. The van der Waals surface area contributed by atoms with Gasteiger partial charge in [-0.05, 0) is 74.4 Å². The number of hydrogen-bond acceptors (Lipinski definition) is 3. The molecule has 4 nitrogen and oxygen atoms in total. The zero-order chi connectivity index (χ0) is 19.6. The summed E-state index contributed by atoms with van der Waals surface area (Å²) in [5.41, 5.74) is 2.70. The molecular formula is C24H32N2O2. The van der Waals surface area contributed by atoms with Gasteiger partial charge in [-0.15, -0.1) is 0 Å². The Balaban J connectivity index is 1.29. The van der Waals surface area contributed by atoms with Crippen LogP contribution in [0, 0.1) is 5.92 Å². The zero-order valence-corrected chi connectivity index (χ0v) is 16.9. The van der Waals surface area contributed by atoms with Gasteiger partial charge >= 0.3 is 0 Å². The van der Waals surface area contributed by atoms with Gasteiger partial charge in [0.05, 0.1) is 13.7 Å². The Morgan fingerprint density at radius 1 is 1.04 bits per heavy atom. The molecule has 1 heterocycles. The number of aryl methyl sites for hydroxylation is 1. The van der Waals surface area contributed by atoms with Crippen molar-refractivity contribution in [3.05, 3.63) is 65.7 Å². The number of likely N-dealkylation sites (tertiary alicyclic amines) is 1. The van der Waals surface area contributed by atoms with E-state index in [9.17, 15) is 4.79 Å². The number of hydrogen-bond donors (Lipinski definition) is 1. The Labute approximate surface area is 168 Å². The van der Waals surface area contributed by atoms with Gasteiger partial charge in [-0.25, -0.2) is 0 Å². The summed E-state index contributed by atoms with van der Waals surface area (Å²) in [5.74, 6) is 1.77. The van der Waals surface area contributed by atoms with E-state index in [-0.39, 0.29) is 5.91 Å². The monoisotopic (exact) mass is 380 g/mol. The number of piperidine rings is 1. The van der Waals surface area contributed by atoms with E-state index in [1.54, 1.807) is 7.11 Å². The quantitative estimate of drug-likeness (QED) is 0.675. The maximum absolute atomic E-state index is 12.2. The first-order chi connectivity index (χ1) is 13.7. The molecule has 150 valence electrons. The number of carbonyl (C=O) groups is 1. The van der Waals surface area contributed by atoms with Crippen molar-refractivity contribution in [2.75, 3.05) is 33.3 Å². The molecule has 1 aliphatic rings. The van der Waals surface area contributed by atoms with Gasteiger partial charge in [0.25, 0.3) is 0 Å². The third-order valence-corrected chi connectivity index (χ3v) is 5.57. The molecule has 28 heavy (non-hydrogen) atoms. The minimum Gasteiger partial charge on any atom is -0.497 e. The average molecular weight is 381 g/mol. The number of nitrogens with zero attached hydrogens (tertiary/aromatic N) is 1. The molecule has 1 fully saturated rings. The summed E-state index contributed by atoms with van der Waals surface area (Å²) >= 11 is 0. The van der Waals surface area contributed by atoms with Crippen molar-refractivity contribution in [1.29, 1.82) is 0 Å². The average Bonchev–Trinajstić information content (AvgIpc) is 2.74. The fourth-order valence-electron chi connectivity index (χ4n) is 3.87. The summed E-state index contributed by atoms with van der Waals surface area (Å²) in [5, 5.41) is 3.07. The predicted molar refractivity (Wildman–Crippen MR) is 114 cm³/mol. The highest BCUT2D eigenvalue weighted by atomic mass is 16.5. The molecule has 0 bridgehead atoms. The summed E-state index contributed by atoms with van der Waals surface area (Å²) in [6, 6.07) is 18.8. The summed E-state index contributed by atoms with van der Waals surface area (Å²) in [6.45, 7) is 3.30. The molecule has 1 aliphatic heterocycles. The molecule has 1 saturated heterocycles. The SMILES string of the molecule is COc1ccc(CC2CCN(CC(=O)NCCCc3ccccc3)CC2)cc1. The largest absolute Gasteiger partial charge is 0.497 e. The van der Waals surface area contributed by atoms with Gasteiger partial charge in [-0.1, -0.05) is 42.5 Å². The van der Waals surface area contributed by atoms with E-state index in [0.717, 1.165) is 57.5 Å². The molecule has 4 heteroatoms. The first-order valence-electron chi connectivity index (χ1n) is 10.4. The van der Waals surface area contributed by atoms with Crippen LogP contribution in [0.25, 0.3) is 0 Å². The van der Waals surface area contributed by atoms with Gasteiger partial charge in [-0.2, -0.15) is 0 Å². The minimum atomic E-state index is 0.154. The van der Waals surface area contributed by atoms with Crippen LogP contribution in [-0.2, 0) is 17.6 Å². The number of amides is 1. The molecule has 1 amide bonds. The van der Waals surface area contributed by atoms with E-state index in [0.29, 0.717) is 12.5 Å². The van der Waals surface area contributed by atoms with Crippen molar-refractivity contribution in [3.8, 4) is 5.75 Å². The molecule has 0 unspecified atom stereocenters. The van der Waals surface area contributed by atoms with Crippen LogP contribution in [0.5, 0.6) is 5.75 Å². The van der Waals surface area contributed by atoms with E-state index in [2.05, 4.69) is 46.6 Å². The molecule has 3 rings (SSSR count). The van der Waals surface area contributed by atoms with Gasteiger partial charge in [-0.3, -0.25) is 9.69 Å². The van der Waals surface area contributed by atoms with Crippen molar-refractivity contribution < 1.29 is 9.53 Å². The zero-order valence-electron chi connectivity index (χ0n) is 16.9. The van der Waals surface area contributed by atoms with Crippen LogP contribution in [-0.4, -0.2) is 44.1 Å². The van der Waals surface area contributed by atoms with Gasteiger partial charge in [0, 0.05) is 6.54 Å². The van der Waals surface area contributed by atoms with Crippen LogP contribution in [0.3, 0.4) is 0 Å². The number of carbonyl (C=O) groups excluding carboxylic acids is 1. The number of rotatable bonds is 9. The second kappa shape index (κ2) is 10.9. The fourth-order valence-corrected chi connectivity index (χ4v) is 3.87. The highest BCUT2D eigenvalue weighted by Gasteiger charge is 2.21. The normalized spacial score (nSPS) is 15.3. The van der Waals surface area contributed by atoms with E-state index in [4.69, 9.17) is 4.74 Å². The number of methoxy groups -OCH3 is 1. The summed E-state index contributed by atoms with van der Waals surface area (Å²) in [6.07, 6.45) is 5.43. The molecule has 0 aromatic heterocycles. The Morgan fingerprint density at radius 3 is 2.43 bits per heavy atom. The van der Waals surface area contributed by atoms with Crippen molar-refractivity contribution in [2.24, 2.45) is 5.92 Å². The van der Waals surface area contributed by atoms with Crippen LogP contribution in [0.1, 0.15) is 30.4 Å². The Bertz CT molecular complexity index is 707. The van der Waals surface area contributed by atoms with Gasteiger partial charge in [0.1, 0.15) is 5.75 Å². The lowest BCUT2D eigenvalue weighted by atomic mass is 9.90. The second-order valence-electron chi connectivity index (χ2n) is 7.71. The third kappa shape index (κ3) is 6.68. The number of ether oxygens (including phenoxy) is 1. The van der Waals surface area contributed by atoms with Crippen LogP contribution < -0.4 is 10.1 Å². The topological polar surface area (TPSA) is 41.6 Å². The van der Waals surface area contributed by atoms with Crippen LogP contribution in [0.2, 0.25) is 0 Å². The fraction of sp³-hybridized carbons (Fsp3) is 0.458. The maximum Gasteiger partial charge on any atom is 0.234 e. The molecule has 0 aliphatic carbocycles. The van der Waals surface area contributed by atoms with Crippen molar-refractivity contribution in [3.63, 3.8) is 0 Å². The molecule has 1 N–H and O–H groups in total. The van der Waals surface area contributed by atoms with E-state index < -0.39 is 0 Å². The van der Waals surface area contributed by atoms with Crippen LogP contribution in [0.15, 0.2) is 54.6 Å². The van der Waals surface area contributed by atoms with Crippen molar-refractivity contribution in [2.45, 2.75) is 32.1 Å². The van der Waals surface area contributed by atoms with Crippen LogP contribution >= 0.6 is 0 Å². The van der Waals surface area contributed by atoms with Crippen molar-refractivity contribution in [1.82, 2.24) is 10.2 Å². The van der Waals surface area contributed by atoms with E-state index in [1.807, 2.05) is 18.2 Å². The highest BCUT2D eigenvalue weighted by Crippen LogP contribution is 2.22. The van der Waals surface area contributed by atoms with E-state index >= 15 is 0 Å². The molecule has 2 aromatic carbocycles. The first kappa shape index (κ1) is 20.4. The lowest BCUT2D eigenvalue weighted by molar-refractivity contribution is -0.122. The first-order valence-corrected chi connectivity index (χ1v) is 10.4. The van der Waals surface area contributed by atoms with Gasteiger partial charge in [0.2, 0.25) is 5.91 Å². The number of nitrogens with one attached hydrogen (secondary N) is 1. The smallest absolute Gasteiger partial charge is 0.234 e. The molecule has 0 spiro atoms. The lowest BCUT2D eigenvalue weighted by Gasteiger charge is -2.31. The molecular weight excluding hydrogens is 348 g/mol. The van der Waals surface area contributed by atoms with Crippen LogP contribution in [0.4, 0.5) is 0 Å². The maximum atomic E-state index is 12.2.